The molecular weight excluding hydrogens is 266 g/mol. The van der Waals surface area contributed by atoms with Gasteiger partial charge in [0.2, 0.25) is 5.91 Å². The molecule has 1 rings (SSSR count). The summed E-state index contributed by atoms with van der Waals surface area (Å²) in [6.07, 6.45) is -10.9. The molecule has 1 aliphatic heterocycles. The summed E-state index contributed by atoms with van der Waals surface area (Å²) in [5, 5.41) is 4.21. The number of alkyl halides is 6. The van der Waals surface area contributed by atoms with E-state index in [1.54, 1.807) is 0 Å². The first-order valence-corrected chi connectivity index (χ1v) is 5.24. The molecule has 18 heavy (non-hydrogen) atoms. The number of hydrogen-bond acceptors (Lipinski definition) is 2. The van der Waals surface area contributed by atoms with Gasteiger partial charge in [0.05, 0.1) is 0 Å². The second-order valence-electron chi connectivity index (χ2n) is 4.14. The average molecular weight is 278 g/mol. The van der Waals surface area contributed by atoms with Gasteiger partial charge in [0.1, 0.15) is 12.5 Å². The molecule has 2 N–H and O–H groups in total. The van der Waals surface area contributed by atoms with Gasteiger partial charge in [0.15, 0.2) is 0 Å². The lowest BCUT2D eigenvalue weighted by Crippen LogP contribution is -2.54. The zero-order chi connectivity index (χ0) is 14.0. The standard InChI is InChI=1S/C9H12F6N2O/c10-8(11,12)3-7(18)17-5-1-2-6(16-4-5)9(13,14)15/h5-6,16H,1-4H2,(H,17,18). The van der Waals surface area contributed by atoms with Crippen molar-refractivity contribution in [3.05, 3.63) is 0 Å². The molecule has 0 bridgehead atoms. The van der Waals surface area contributed by atoms with Gasteiger partial charge in [0, 0.05) is 12.6 Å². The fourth-order valence-corrected chi connectivity index (χ4v) is 1.72. The van der Waals surface area contributed by atoms with Crippen molar-refractivity contribution < 1.29 is 31.1 Å². The normalized spacial score (nSPS) is 25.9. The van der Waals surface area contributed by atoms with Gasteiger partial charge in [-0.15, -0.1) is 0 Å². The van der Waals surface area contributed by atoms with E-state index in [0.717, 1.165) is 0 Å². The van der Waals surface area contributed by atoms with Crippen molar-refractivity contribution in [2.24, 2.45) is 0 Å². The molecule has 1 saturated heterocycles. The van der Waals surface area contributed by atoms with Crippen LogP contribution in [0, 0.1) is 0 Å². The summed E-state index contributed by atoms with van der Waals surface area (Å²) < 4.78 is 72.3. The van der Waals surface area contributed by atoms with Gasteiger partial charge in [-0.1, -0.05) is 0 Å². The molecule has 0 radical (unpaired) electrons. The van der Waals surface area contributed by atoms with Crippen molar-refractivity contribution in [2.75, 3.05) is 6.54 Å². The van der Waals surface area contributed by atoms with Crippen molar-refractivity contribution in [3.63, 3.8) is 0 Å². The first-order valence-electron chi connectivity index (χ1n) is 5.24. The Morgan fingerprint density at radius 1 is 1.17 bits per heavy atom. The van der Waals surface area contributed by atoms with Crippen LogP contribution in [-0.4, -0.2) is 36.9 Å². The van der Waals surface area contributed by atoms with E-state index in [4.69, 9.17) is 0 Å². The number of rotatable bonds is 2. The molecule has 0 aromatic carbocycles. The van der Waals surface area contributed by atoms with Crippen LogP contribution in [0.15, 0.2) is 0 Å². The van der Waals surface area contributed by atoms with E-state index in [-0.39, 0.29) is 19.4 Å². The van der Waals surface area contributed by atoms with Crippen LogP contribution < -0.4 is 10.6 Å². The number of amides is 1. The first kappa shape index (κ1) is 15.1. The third kappa shape index (κ3) is 5.11. The molecule has 0 aromatic heterocycles. The van der Waals surface area contributed by atoms with Gasteiger partial charge in [-0.3, -0.25) is 4.79 Å². The highest BCUT2D eigenvalue weighted by Crippen LogP contribution is 2.26. The van der Waals surface area contributed by atoms with Crippen molar-refractivity contribution in [3.8, 4) is 0 Å². The number of carbonyl (C=O) groups is 1. The SMILES string of the molecule is O=C(CC(F)(F)F)NC1CCC(C(F)(F)F)NC1. The first-order chi connectivity index (χ1) is 8.08. The fraction of sp³-hybridized carbons (Fsp3) is 0.889. The topological polar surface area (TPSA) is 41.1 Å². The highest BCUT2D eigenvalue weighted by molar-refractivity contribution is 5.76. The maximum absolute atomic E-state index is 12.3. The molecule has 0 aromatic rings. The monoisotopic (exact) mass is 278 g/mol. The van der Waals surface area contributed by atoms with Crippen molar-refractivity contribution in [1.82, 2.24) is 10.6 Å². The minimum atomic E-state index is -4.61. The molecule has 2 unspecified atom stereocenters. The number of piperidine rings is 1. The molecule has 9 heteroatoms. The van der Waals surface area contributed by atoms with Crippen molar-refractivity contribution >= 4 is 5.91 Å². The Balaban J connectivity index is 2.34. The zero-order valence-electron chi connectivity index (χ0n) is 9.16. The van der Waals surface area contributed by atoms with Gasteiger partial charge < -0.3 is 10.6 Å². The summed E-state index contributed by atoms with van der Waals surface area (Å²) in [6, 6.07) is -2.35. The summed E-state index contributed by atoms with van der Waals surface area (Å²) in [6.45, 7) is -0.187. The predicted octanol–water partition coefficient (Wildman–Crippen LogP) is 1.74. The maximum atomic E-state index is 12.3. The molecule has 2 atom stereocenters. The van der Waals surface area contributed by atoms with Crippen LogP contribution in [0.2, 0.25) is 0 Å². The van der Waals surface area contributed by atoms with Crippen LogP contribution in [0.5, 0.6) is 0 Å². The Hall–Kier alpha value is -0.990. The van der Waals surface area contributed by atoms with Gasteiger partial charge in [-0.2, -0.15) is 26.3 Å². The highest BCUT2D eigenvalue weighted by atomic mass is 19.4. The smallest absolute Gasteiger partial charge is 0.352 e. The summed E-state index contributed by atoms with van der Waals surface area (Å²) in [5.41, 5.74) is 0. The van der Waals surface area contributed by atoms with E-state index in [9.17, 15) is 31.1 Å². The molecule has 1 heterocycles. The molecule has 3 nitrogen and oxygen atoms in total. The largest absolute Gasteiger partial charge is 0.403 e. The number of nitrogens with one attached hydrogen (secondary N) is 2. The Morgan fingerprint density at radius 2 is 1.78 bits per heavy atom. The Morgan fingerprint density at radius 3 is 2.17 bits per heavy atom. The van der Waals surface area contributed by atoms with E-state index in [1.807, 2.05) is 0 Å². The highest BCUT2D eigenvalue weighted by Gasteiger charge is 2.42. The summed E-state index contributed by atoms with van der Waals surface area (Å²) in [4.78, 5) is 10.9. The molecule has 1 fully saturated rings. The van der Waals surface area contributed by atoms with Crippen molar-refractivity contribution in [2.45, 2.75) is 43.7 Å². The second-order valence-corrected chi connectivity index (χ2v) is 4.14. The summed E-state index contributed by atoms with van der Waals surface area (Å²) in [5.74, 6) is -1.22. The van der Waals surface area contributed by atoms with Gasteiger partial charge in [-0.25, -0.2) is 0 Å². The Bertz CT molecular complexity index is 292. The Kier molecular flexibility index (Phi) is 4.46. The molecular formula is C9H12F6N2O. The maximum Gasteiger partial charge on any atom is 0.403 e. The fourth-order valence-electron chi connectivity index (χ4n) is 1.72. The van der Waals surface area contributed by atoms with Gasteiger partial charge in [-0.05, 0) is 12.8 Å². The molecule has 106 valence electrons. The van der Waals surface area contributed by atoms with Crippen LogP contribution in [0.1, 0.15) is 19.3 Å². The lowest BCUT2D eigenvalue weighted by molar-refractivity contribution is -0.161. The second kappa shape index (κ2) is 5.33. The van der Waals surface area contributed by atoms with E-state index in [2.05, 4.69) is 10.6 Å². The van der Waals surface area contributed by atoms with Crippen LogP contribution in [0.3, 0.4) is 0 Å². The lowest BCUT2D eigenvalue weighted by Gasteiger charge is -2.31. The third-order valence-corrected chi connectivity index (χ3v) is 2.54. The lowest BCUT2D eigenvalue weighted by atomic mass is 10.0. The van der Waals surface area contributed by atoms with Crippen LogP contribution >= 0.6 is 0 Å². The molecule has 0 aliphatic carbocycles. The molecule has 0 spiro atoms. The van der Waals surface area contributed by atoms with E-state index < -0.39 is 36.8 Å². The predicted molar refractivity (Wildman–Crippen MR) is 49.7 cm³/mol. The number of halogens is 6. The van der Waals surface area contributed by atoms with Gasteiger partial charge >= 0.3 is 12.4 Å². The third-order valence-electron chi connectivity index (χ3n) is 2.54. The minimum Gasteiger partial charge on any atom is -0.352 e. The number of hydrogen-bond donors (Lipinski definition) is 2. The van der Waals surface area contributed by atoms with E-state index in [0.29, 0.717) is 0 Å². The Labute approximate surface area is 98.9 Å². The molecule has 0 saturated carbocycles. The van der Waals surface area contributed by atoms with E-state index >= 15 is 0 Å². The zero-order valence-corrected chi connectivity index (χ0v) is 9.16. The van der Waals surface area contributed by atoms with Gasteiger partial charge in [0.25, 0.3) is 0 Å². The quantitative estimate of drug-likeness (QED) is 0.755. The molecule has 1 amide bonds. The van der Waals surface area contributed by atoms with Crippen molar-refractivity contribution in [1.29, 1.82) is 0 Å². The van der Waals surface area contributed by atoms with Crippen LogP contribution in [-0.2, 0) is 4.79 Å². The summed E-state index contributed by atoms with van der Waals surface area (Å²) >= 11 is 0. The molecule has 1 aliphatic rings. The van der Waals surface area contributed by atoms with Crippen LogP contribution in [0.25, 0.3) is 0 Å². The van der Waals surface area contributed by atoms with Crippen LogP contribution in [0.4, 0.5) is 26.3 Å². The minimum absolute atomic E-state index is 0.000768. The number of carbonyl (C=O) groups excluding carboxylic acids is 1. The average Bonchev–Trinajstić information content (AvgIpc) is 2.13. The van der Waals surface area contributed by atoms with E-state index in [1.165, 1.54) is 0 Å². The summed E-state index contributed by atoms with van der Waals surface area (Å²) in [7, 11) is 0.